The second-order valence-electron chi connectivity index (χ2n) is 11.1. The first-order chi connectivity index (χ1) is 21.3. The fourth-order valence-electron chi connectivity index (χ4n) is 5.00. The average Bonchev–Trinajstić information content (AvgIpc) is 2.96. The van der Waals surface area contributed by atoms with Crippen LogP contribution in [0.15, 0.2) is 36.4 Å². The molecule has 2 aliphatic heterocycles. The zero-order valence-corrected chi connectivity index (χ0v) is 27.4. The summed E-state index contributed by atoms with van der Waals surface area (Å²) in [7, 11) is -1.64. The van der Waals surface area contributed by atoms with Crippen molar-refractivity contribution in [2.24, 2.45) is 5.92 Å². The highest BCUT2D eigenvalue weighted by atomic mass is 35.5. The van der Waals surface area contributed by atoms with E-state index in [9.17, 15) is 34.2 Å². The van der Waals surface area contributed by atoms with Crippen molar-refractivity contribution in [3.63, 3.8) is 0 Å². The van der Waals surface area contributed by atoms with Crippen LogP contribution in [0, 0.1) is 5.92 Å². The van der Waals surface area contributed by atoms with Crippen molar-refractivity contribution < 1.29 is 53.0 Å². The summed E-state index contributed by atoms with van der Waals surface area (Å²) in [6, 6.07) is 8.11. The predicted octanol–water partition coefficient (Wildman–Crippen LogP) is 3.04. The normalized spacial score (nSPS) is 18.5. The van der Waals surface area contributed by atoms with Gasteiger partial charge in [0.2, 0.25) is 5.91 Å². The predicted molar refractivity (Wildman–Crippen MR) is 171 cm³/mol. The van der Waals surface area contributed by atoms with Crippen molar-refractivity contribution in [1.82, 2.24) is 10.6 Å². The summed E-state index contributed by atoms with van der Waals surface area (Å²) < 4.78 is 22.1. The third-order valence-electron chi connectivity index (χ3n) is 7.07. The third kappa shape index (κ3) is 9.21. The van der Waals surface area contributed by atoms with Crippen LogP contribution in [0.5, 0.6) is 11.5 Å². The molecule has 4 rings (SSSR count). The molecule has 0 saturated carbocycles. The number of amides is 2. The van der Waals surface area contributed by atoms with Crippen molar-refractivity contribution in [3.8, 4) is 11.5 Å². The Morgan fingerprint density at radius 3 is 2.35 bits per heavy atom. The molecule has 3 atom stereocenters. The monoisotopic (exact) mass is 698 g/mol. The molecule has 0 aromatic heterocycles. The molecule has 2 aliphatic rings. The molecule has 2 aromatic carbocycles. The maximum absolute atomic E-state index is 13.9. The van der Waals surface area contributed by atoms with Crippen LogP contribution in [0.1, 0.15) is 49.0 Å². The van der Waals surface area contributed by atoms with Crippen molar-refractivity contribution >= 4 is 73.5 Å². The van der Waals surface area contributed by atoms with Gasteiger partial charge in [-0.25, -0.2) is 4.79 Å². The number of hydrogen-bond acceptors (Lipinski definition) is 9. The lowest BCUT2D eigenvalue weighted by atomic mass is 9.70. The van der Waals surface area contributed by atoms with Crippen LogP contribution in [-0.2, 0) is 34.9 Å². The van der Waals surface area contributed by atoms with Gasteiger partial charge in [-0.2, -0.15) is 13.5 Å². The third-order valence-corrected chi connectivity index (χ3v) is 7.63. The van der Waals surface area contributed by atoms with Gasteiger partial charge in [0.1, 0.15) is 19.3 Å². The Labute approximate surface area is 281 Å². The molecule has 0 bridgehead atoms. The van der Waals surface area contributed by atoms with E-state index in [1.165, 1.54) is 18.2 Å². The maximum Gasteiger partial charge on any atom is 0.552 e. The van der Waals surface area contributed by atoms with E-state index in [1.54, 1.807) is 32.0 Å². The Hall–Kier alpha value is -3.66. The number of carboxylic acids is 2. The van der Waals surface area contributed by atoms with E-state index in [-0.39, 0.29) is 47.9 Å². The van der Waals surface area contributed by atoms with Gasteiger partial charge in [0.05, 0.1) is 29.4 Å². The number of aliphatic carboxylic acids is 2. The van der Waals surface area contributed by atoms with E-state index < -0.39 is 67.3 Å². The number of carbonyl (C=O) groups excluding carboxylic acids is 3. The smallest absolute Gasteiger partial charge is 0.508 e. The number of carboxylic acid groups (broad SMARTS) is 2. The van der Waals surface area contributed by atoms with Crippen LogP contribution in [0.25, 0.3) is 0 Å². The molecule has 1 fully saturated rings. The fourth-order valence-corrected chi connectivity index (χ4v) is 5.38. The molecule has 13 nitrogen and oxygen atoms in total. The van der Waals surface area contributed by atoms with Crippen LogP contribution in [0.3, 0.4) is 0 Å². The van der Waals surface area contributed by atoms with Crippen molar-refractivity contribution in [1.29, 1.82) is 0 Å². The van der Waals surface area contributed by atoms with E-state index in [4.69, 9.17) is 42.0 Å². The van der Waals surface area contributed by atoms with Crippen molar-refractivity contribution in [2.45, 2.75) is 57.1 Å². The van der Waals surface area contributed by atoms with Gasteiger partial charge in [0.15, 0.2) is 17.1 Å². The van der Waals surface area contributed by atoms with Gasteiger partial charge in [-0.05, 0) is 48.2 Å². The van der Waals surface area contributed by atoms with Crippen LogP contribution in [0.4, 0.5) is 0 Å². The van der Waals surface area contributed by atoms with Crippen LogP contribution in [0.2, 0.25) is 10.0 Å². The van der Waals surface area contributed by atoms with E-state index in [0.717, 1.165) is 0 Å². The second kappa shape index (κ2) is 15.8. The molecule has 0 radical (unpaired) electrons. The minimum Gasteiger partial charge on any atom is -0.508 e. The number of carbonyl (C=O) groups is 5. The van der Waals surface area contributed by atoms with Crippen molar-refractivity contribution in [2.75, 3.05) is 13.2 Å². The maximum atomic E-state index is 13.9. The van der Waals surface area contributed by atoms with Gasteiger partial charge >= 0.3 is 19.1 Å². The van der Waals surface area contributed by atoms with Crippen LogP contribution in [-0.4, -0.2) is 77.9 Å². The Bertz CT molecular complexity index is 1490. The minimum atomic E-state index is -2.41. The topological polar surface area (TPSA) is 187 Å². The largest absolute Gasteiger partial charge is 0.552 e. The Kier molecular flexibility index (Phi) is 12.6. The summed E-state index contributed by atoms with van der Waals surface area (Å²) in [5.41, 5.74) is -1.79. The SMILES string of the molecule is CC(C)C[C@H](NC(=O)[C@H](Cc1ccc2c(c1)OCCO2)NC(=O)c1cc(Cl)ccc1Cl)B1OC(=O)CC(CC(=O)O)(C(=O)O)O1.S. The molecular weight excluding hydrogens is 666 g/mol. The molecular formula is C29H33BCl2N2O11S. The second-order valence-corrected chi connectivity index (χ2v) is 11.9. The van der Waals surface area contributed by atoms with E-state index in [1.807, 2.05) is 0 Å². The van der Waals surface area contributed by atoms with Crippen LogP contribution < -0.4 is 20.1 Å². The molecule has 1 unspecified atom stereocenters. The van der Waals surface area contributed by atoms with Crippen molar-refractivity contribution in [3.05, 3.63) is 57.6 Å². The first-order valence-corrected chi connectivity index (χ1v) is 14.8. The average molecular weight is 699 g/mol. The number of rotatable bonds is 12. The Balaban J connectivity index is 0.00000576. The van der Waals surface area contributed by atoms with E-state index in [0.29, 0.717) is 30.3 Å². The van der Waals surface area contributed by atoms with Gasteiger partial charge in [0, 0.05) is 11.4 Å². The number of benzene rings is 2. The number of fused-ring (bicyclic) bond motifs is 1. The Morgan fingerprint density at radius 1 is 1.00 bits per heavy atom. The number of nitrogens with one attached hydrogen (secondary N) is 2. The van der Waals surface area contributed by atoms with Gasteiger partial charge in [-0.15, -0.1) is 0 Å². The number of halogens is 2. The lowest BCUT2D eigenvalue weighted by Gasteiger charge is -2.38. The summed E-state index contributed by atoms with van der Waals surface area (Å²) in [6.07, 6.45) is -1.75. The quantitative estimate of drug-likeness (QED) is 0.239. The fraction of sp³-hybridized carbons (Fsp3) is 0.414. The van der Waals surface area contributed by atoms with Gasteiger partial charge in [0.25, 0.3) is 11.9 Å². The van der Waals surface area contributed by atoms with E-state index >= 15 is 0 Å². The van der Waals surface area contributed by atoms with Crippen LogP contribution >= 0.6 is 36.7 Å². The number of hydrogen-bond donors (Lipinski definition) is 4. The standard InChI is InChI=1S/C29H31BCl2N2O11.H2S/c1-15(2)9-23(30-44-25(37)14-29(45-30,28(40)41)13-24(35)36)34-27(39)20(33-26(38)18-12-17(31)4-5-19(18)32)10-16-3-6-21-22(11-16)43-8-7-42-21;/h3-6,11-12,15,20,23H,7-10,13-14H2,1-2H3,(H,33,38)(H,34,39)(H,35,36)(H,40,41);1H2/t20-,23-,29?;/m0./s1. The molecule has 0 aliphatic carbocycles. The Morgan fingerprint density at radius 2 is 1.70 bits per heavy atom. The zero-order valence-electron chi connectivity index (χ0n) is 24.8. The summed E-state index contributed by atoms with van der Waals surface area (Å²) in [4.78, 5) is 63.4. The molecule has 1 saturated heterocycles. The highest BCUT2D eigenvalue weighted by molar-refractivity contribution is 7.59. The highest BCUT2D eigenvalue weighted by Gasteiger charge is 2.55. The summed E-state index contributed by atoms with van der Waals surface area (Å²) in [5.74, 6) is -5.87. The lowest BCUT2D eigenvalue weighted by molar-refractivity contribution is -0.175. The molecule has 4 N–H and O–H groups in total. The summed E-state index contributed by atoms with van der Waals surface area (Å²) in [5, 5.41) is 24.9. The zero-order chi connectivity index (χ0) is 32.9. The molecule has 17 heteroatoms. The molecule has 2 amide bonds. The number of ether oxygens (including phenoxy) is 2. The molecule has 2 aromatic rings. The van der Waals surface area contributed by atoms with Gasteiger partial charge in [-0.1, -0.05) is 43.1 Å². The van der Waals surface area contributed by atoms with Gasteiger partial charge < -0.3 is 39.6 Å². The molecule has 2 heterocycles. The van der Waals surface area contributed by atoms with E-state index in [2.05, 4.69) is 10.6 Å². The van der Waals surface area contributed by atoms with Gasteiger partial charge in [-0.3, -0.25) is 19.2 Å². The summed E-state index contributed by atoms with van der Waals surface area (Å²) >= 11 is 12.3. The minimum absolute atomic E-state index is 0. The molecule has 46 heavy (non-hydrogen) atoms. The first kappa shape index (κ1) is 36.8. The highest BCUT2D eigenvalue weighted by Crippen LogP contribution is 2.32. The first-order valence-electron chi connectivity index (χ1n) is 14.0. The lowest BCUT2D eigenvalue weighted by Crippen LogP contribution is -2.62. The summed E-state index contributed by atoms with van der Waals surface area (Å²) in [6.45, 7) is 4.33. The molecule has 0 spiro atoms. The molecule has 248 valence electrons.